The van der Waals surface area contributed by atoms with Gasteiger partial charge in [0.05, 0.1) is 19.4 Å². The monoisotopic (exact) mass is 322 g/mol. The smallest absolute Gasteiger partial charge is 0.307 e. The molecule has 0 aromatic heterocycles. The summed E-state index contributed by atoms with van der Waals surface area (Å²) in [5, 5.41) is 0. The highest BCUT2D eigenvalue weighted by atomic mass is 16.5. The number of esters is 2. The number of ether oxygens (including phenoxy) is 2. The summed E-state index contributed by atoms with van der Waals surface area (Å²) < 4.78 is 10.4. The summed E-state index contributed by atoms with van der Waals surface area (Å²) in [7, 11) is 0. The molecule has 0 aromatic carbocycles. The summed E-state index contributed by atoms with van der Waals surface area (Å²) in [5.74, 6) is 5.34. The molecule has 0 aliphatic rings. The molecule has 0 aliphatic heterocycles. The molecule has 0 spiro atoms. The average Bonchev–Trinajstić information content (AvgIpc) is 2.46. The number of carbonyl (C=O) groups is 2. The molecular weight excluding hydrogens is 292 g/mol. The third-order valence-electron chi connectivity index (χ3n) is 2.95. The average molecular weight is 322 g/mol. The van der Waals surface area contributed by atoms with E-state index in [9.17, 15) is 9.59 Å². The minimum atomic E-state index is -0.459. The Balaban J connectivity index is 4.19. The van der Waals surface area contributed by atoms with Crippen molar-refractivity contribution in [3.8, 4) is 11.8 Å². The first-order valence-electron chi connectivity index (χ1n) is 8.37. The summed E-state index contributed by atoms with van der Waals surface area (Å²) in [4.78, 5) is 23.4. The largest absolute Gasteiger partial charge is 0.466 e. The molecule has 0 radical (unpaired) electrons. The van der Waals surface area contributed by atoms with E-state index in [-0.39, 0.29) is 18.8 Å². The van der Waals surface area contributed by atoms with E-state index in [1.165, 1.54) is 0 Å². The summed E-state index contributed by atoms with van der Waals surface area (Å²) >= 11 is 0. The molecule has 0 rings (SSSR count). The van der Waals surface area contributed by atoms with Crippen LogP contribution in [-0.2, 0) is 19.1 Å². The summed E-state index contributed by atoms with van der Waals surface area (Å²) in [6.07, 6.45) is 3.25. The summed E-state index contributed by atoms with van der Waals surface area (Å²) in [6.45, 7) is 12.1. The number of allylic oxidation sites excluding steroid dienone is 1. The van der Waals surface area contributed by atoms with Gasteiger partial charge in [0, 0.05) is 0 Å². The van der Waals surface area contributed by atoms with E-state index >= 15 is 0 Å². The van der Waals surface area contributed by atoms with Gasteiger partial charge in [0.25, 0.3) is 0 Å². The van der Waals surface area contributed by atoms with Gasteiger partial charge in [-0.3, -0.25) is 9.59 Å². The van der Waals surface area contributed by atoms with E-state index in [4.69, 9.17) is 9.47 Å². The van der Waals surface area contributed by atoms with E-state index in [0.29, 0.717) is 18.9 Å². The number of hydrogen-bond acceptors (Lipinski definition) is 4. The summed E-state index contributed by atoms with van der Waals surface area (Å²) in [5.41, 5.74) is 0.727. The van der Waals surface area contributed by atoms with Crippen molar-refractivity contribution < 1.29 is 19.1 Å². The van der Waals surface area contributed by atoms with Crippen molar-refractivity contribution in [2.24, 2.45) is 5.92 Å². The fourth-order valence-electron chi connectivity index (χ4n) is 1.80. The highest BCUT2D eigenvalue weighted by Gasteiger charge is 2.15. The first kappa shape index (κ1) is 21.2. The van der Waals surface area contributed by atoms with Crippen LogP contribution in [0.1, 0.15) is 66.2 Å². The number of rotatable bonds is 10. The molecule has 0 N–H and O–H groups in total. The van der Waals surface area contributed by atoms with Crippen LogP contribution >= 0.6 is 0 Å². The standard InChI is InChI=1S/C19H30O4/c1-6-7-8-13-22-18(20)11-12-19(21)23-17(14-16(4)5)10-9-15(2)3/h16-17H,2,6-8,11-14H2,1,3-5H3. The van der Waals surface area contributed by atoms with Crippen LogP contribution in [0.2, 0.25) is 0 Å². The quantitative estimate of drug-likeness (QED) is 0.346. The van der Waals surface area contributed by atoms with Gasteiger partial charge < -0.3 is 9.47 Å². The van der Waals surface area contributed by atoms with Crippen LogP contribution < -0.4 is 0 Å². The fraction of sp³-hybridized carbons (Fsp3) is 0.684. The second kappa shape index (κ2) is 12.8. The van der Waals surface area contributed by atoms with Gasteiger partial charge in [-0.2, -0.15) is 0 Å². The molecule has 0 fully saturated rings. The first-order valence-corrected chi connectivity index (χ1v) is 8.37. The lowest BCUT2D eigenvalue weighted by atomic mass is 10.1. The number of unbranched alkanes of at least 4 members (excludes halogenated alkanes) is 2. The molecule has 0 aromatic rings. The SMILES string of the molecule is C=C(C)C#CC(CC(C)C)OC(=O)CCC(=O)OCCCCC. The van der Waals surface area contributed by atoms with Crippen molar-refractivity contribution in [2.45, 2.75) is 72.3 Å². The van der Waals surface area contributed by atoms with Crippen LogP contribution in [0.15, 0.2) is 12.2 Å². The maximum Gasteiger partial charge on any atom is 0.307 e. The second-order valence-corrected chi connectivity index (χ2v) is 6.09. The van der Waals surface area contributed by atoms with E-state index < -0.39 is 12.1 Å². The van der Waals surface area contributed by atoms with Gasteiger partial charge in [0.1, 0.15) is 0 Å². The van der Waals surface area contributed by atoms with Crippen molar-refractivity contribution >= 4 is 11.9 Å². The minimum absolute atomic E-state index is 0.0238. The molecular formula is C19H30O4. The Hall–Kier alpha value is -1.76. The van der Waals surface area contributed by atoms with Crippen LogP contribution in [0.25, 0.3) is 0 Å². The normalized spacial score (nSPS) is 11.3. The molecule has 130 valence electrons. The van der Waals surface area contributed by atoms with Crippen LogP contribution in [0.4, 0.5) is 0 Å². The van der Waals surface area contributed by atoms with Crippen molar-refractivity contribution in [2.75, 3.05) is 6.61 Å². The van der Waals surface area contributed by atoms with Gasteiger partial charge in [-0.05, 0) is 31.3 Å². The maximum absolute atomic E-state index is 11.8. The van der Waals surface area contributed by atoms with Gasteiger partial charge >= 0.3 is 11.9 Å². The minimum Gasteiger partial charge on any atom is -0.466 e. The molecule has 0 saturated heterocycles. The third kappa shape index (κ3) is 13.6. The molecule has 0 saturated carbocycles. The van der Waals surface area contributed by atoms with Crippen LogP contribution in [0.5, 0.6) is 0 Å². The Kier molecular flexibility index (Phi) is 11.8. The highest BCUT2D eigenvalue weighted by Crippen LogP contribution is 2.10. The predicted molar refractivity (Wildman–Crippen MR) is 91.6 cm³/mol. The van der Waals surface area contributed by atoms with Crippen molar-refractivity contribution in [3.63, 3.8) is 0 Å². The lowest BCUT2D eigenvalue weighted by molar-refractivity contribution is -0.152. The Bertz CT molecular complexity index is 440. The van der Waals surface area contributed by atoms with E-state index in [1.54, 1.807) is 6.92 Å². The zero-order chi connectivity index (χ0) is 17.7. The Morgan fingerprint density at radius 2 is 1.78 bits per heavy atom. The molecule has 0 aliphatic carbocycles. The van der Waals surface area contributed by atoms with Gasteiger partial charge in [0.2, 0.25) is 0 Å². The lowest BCUT2D eigenvalue weighted by Crippen LogP contribution is -2.19. The first-order chi connectivity index (χ1) is 10.8. The predicted octanol–water partition coefficient (Wildman–Crippen LogP) is 4.04. The molecule has 4 heteroatoms. The highest BCUT2D eigenvalue weighted by molar-refractivity contribution is 5.77. The zero-order valence-electron chi connectivity index (χ0n) is 14.9. The molecule has 1 unspecified atom stereocenters. The maximum atomic E-state index is 11.8. The zero-order valence-corrected chi connectivity index (χ0v) is 14.9. The second-order valence-electron chi connectivity index (χ2n) is 6.09. The Morgan fingerprint density at radius 1 is 1.13 bits per heavy atom. The number of carbonyl (C=O) groups excluding carboxylic acids is 2. The van der Waals surface area contributed by atoms with Crippen molar-refractivity contribution in [1.82, 2.24) is 0 Å². The van der Waals surface area contributed by atoms with Crippen LogP contribution in [-0.4, -0.2) is 24.6 Å². The molecule has 23 heavy (non-hydrogen) atoms. The van der Waals surface area contributed by atoms with Gasteiger partial charge in [-0.15, -0.1) is 0 Å². The van der Waals surface area contributed by atoms with Gasteiger partial charge in [0.15, 0.2) is 6.10 Å². The molecule has 0 amide bonds. The van der Waals surface area contributed by atoms with E-state index in [2.05, 4.69) is 25.3 Å². The van der Waals surface area contributed by atoms with Gasteiger partial charge in [-0.25, -0.2) is 0 Å². The molecule has 0 heterocycles. The van der Waals surface area contributed by atoms with Crippen molar-refractivity contribution in [3.05, 3.63) is 12.2 Å². The third-order valence-corrected chi connectivity index (χ3v) is 2.95. The van der Waals surface area contributed by atoms with E-state index in [0.717, 1.165) is 24.8 Å². The van der Waals surface area contributed by atoms with Gasteiger partial charge in [-0.1, -0.05) is 52.0 Å². The van der Waals surface area contributed by atoms with Crippen LogP contribution in [0, 0.1) is 17.8 Å². The molecule has 0 bridgehead atoms. The van der Waals surface area contributed by atoms with Crippen molar-refractivity contribution in [1.29, 1.82) is 0 Å². The Labute approximate surface area is 140 Å². The lowest BCUT2D eigenvalue weighted by Gasteiger charge is -2.14. The topological polar surface area (TPSA) is 52.6 Å². The fourth-order valence-corrected chi connectivity index (χ4v) is 1.80. The molecule has 4 nitrogen and oxygen atoms in total. The van der Waals surface area contributed by atoms with E-state index in [1.807, 2.05) is 13.8 Å². The summed E-state index contributed by atoms with van der Waals surface area (Å²) in [6, 6.07) is 0. The molecule has 1 atom stereocenters. The Morgan fingerprint density at radius 3 is 2.35 bits per heavy atom. The van der Waals surface area contributed by atoms with Crippen LogP contribution in [0.3, 0.4) is 0 Å². The number of hydrogen-bond donors (Lipinski definition) is 0.